The second-order valence-electron chi connectivity index (χ2n) is 6.31. The molecule has 0 radical (unpaired) electrons. The SMILES string of the molecule is COc1ccc([N-]S(=O)(=O)c2ccc(NC(=O)c3ccc4c(c3)OCO4)cc2)cc1. The van der Waals surface area contributed by atoms with Crippen LogP contribution in [0.15, 0.2) is 71.6 Å². The number of fused-ring (bicyclic) bond motifs is 1. The summed E-state index contributed by atoms with van der Waals surface area (Å²) in [7, 11) is -2.37. The maximum atomic E-state index is 12.5. The summed E-state index contributed by atoms with van der Waals surface area (Å²) in [6, 6.07) is 17.0. The summed E-state index contributed by atoms with van der Waals surface area (Å²) >= 11 is 0. The fraction of sp³-hybridized carbons (Fsp3) is 0.0952. The molecule has 0 aliphatic carbocycles. The molecule has 0 bridgehead atoms. The van der Waals surface area contributed by atoms with Gasteiger partial charge in [-0.05, 0) is 54.6 Å². The number of sulfonamides is 1. The minimum absolute atomic E-state index is 0.0133. The van der Waals surface area contributed by atoms with E-state index in [0.717, 1.165) is 0 Å². The Labute approximate surface area is 173 Å². The zero-order chi connectivity index (χ0) is 21.1. The van der Waals surface area contributed by atoms with Gasteiger partial charge < -0.3 is 24.2 Å². The molecule has 0 saturated carbocycles. The van der Waals surface area contributed by atoms with Crippen LogP contribution in [0.2, 0.25) is 0 Å². The first-order chi connectivity index (χ1) is 14.4. The van der Waals surface area contributed by atoms with Crippen molar-refractivity contribution in [3.8, 4) is 17.2 Å². The first kappa shape index (κ1) is 19.6. The fourth-order valence-electron chi connectivity index (χ4n) is 2.79. The molecule has 1 aliphatic heterocycles. The monoisotopic (exact) mass is 425 g/mol. The normalized spacial score (nSPS) is 12.3. The quantitative estimate of drug-likeness (QED) is 0.638. The van der Waals surface area contributed by atoms with E-state index < -0.39 is 10.0 Å². The van der Waals surface area contributed by atoms with E-state index in [1.165, 1.54) is 31.4 Å². The van der Waals surface area contributed by atoms with Crippen molar-refractivity contribution in [2.24, 2.45) is 0 Å². The Kier molecular flexibility index (Phi) is 5.20. The van der Waals surface area contributed by atoms with Crippen molar-refractivity contribution in [2.75, 3.05) is 19.2 Å². The molecule has 8 nitrogen and oxygen atoms in total. The lowest BCUT2D eigenvalue weighted by atomic mass is 10.2. The van der Waals surface area contributed by atoms with Crippen molar-refractivity contribution in [3.63, 3.8) is 0 Å². The zero-order valence-corrected chi connectivity index (χ0v) is 16.7. The van der Waals surface area contributed by atoms with Gasteiger partial charge in [0.05, 0.1) is 12.0 Å². The fourth-order valence-corrected chi connectivity index (χ4v) is 3.77. The van der Waals surface area contributed by atoms with Crippen molar-refractivity contribution in [3.05, 3.63) is 77.0 Å². The molecule has 0 unspecified atom stereocenters. The Morgan fingerprint density at radius 1 is 0.967 bits per heavy atom. The Morgan fingerprint density at radius 2 is 1.67 bits per heavy atom. The molecule has 0 aromatic heterocycles. The smallest absolute Gasteiger partial charge is 0.255 e. The van der Waals surface area contributed by atoms with Crippen LogP contribution in [0.3, 0.4) is 0 Å². The van der Waals surface area contributed by atoms with E-state index in [4.69, 9.17) is 14.2 Å². The van der Waals surface area contributed by atoms with E-state index >= 15 is 0 Å². The Balaban J connectivity index is 1.44. The van der Waals surface area contributed by atoms with Crippen LogP contribution in [0.5, 0.6) is 17.2 Å². The van der Waals surface area contributed by atoms with Crippen LogP contribution >= 0.6 is 0 Å². The molecular weight excluding hydrogens is 408 g/mol. The van der Waals surface area contributed by atoms with Crippen molar-refractivity contribution >= 4 is 27.3 Å². The maximum Gasteiger partial charge on any atom is 0.255 e. The third-order valence-corrected chi connectivity index (χ3v) is 5.66. The molecule has 1 aliphatic rings. The molecule has 9 heteroatoms. The molecule has 0 spiro atoms. The first-order valence-corrected chi connectivity index (χ1v) is 10.3. The first-order valence-electron chi connectivity index (χ1n) is 8.88. The maximum absolute atomic E-state index is 12.5. The Hall–Kier alpha value is -3.72. The van der Waals surface area contributed by atoms with E-state index in [1.54, 1.807) is 42.5 Å². The van der Waals surface area contributed by atoms with Gasteiger partial charge in [0, 0.05) is 11.3 Å². The van der Waals surface area contributed by atoms with Gasteiger partial charge in [-0.25, -0.2) is 8.42 Å². The number of benzene rings is 3. The number of carbonyl (C=O) groups is 1. The molecule has 1 amide bonds. The molecule has 1 heterocycles. The van der Waals surface area contributed by atoms with Crippen LogP contribution in [0, 0.1) is 0 Å². The number of hydrogen-bond donors (Lipinski definition) is 1. The summed E-state index contributed by atoms with van der Waals surface area (Å²) in [5.41, 5.74) is 1.13. The number of methoxy groups -OCH3 is 1. The van der Waals surface area contributed by atoms with E-state index in [1.807, 2.05) is 0 Å². The predicted molar refractivity (Wildman–Crippen MR) is 110 cm³/mol. The van der Waals surface area contributed by atoms with Gasteiger partial charge in [-0.2, -0.15) is 0 Å². The second-order valence-corrected chi connectivity index (χ2v) is 7.92. The topological polar surface area (TPSA) is 105 Å². The van der Waals surface area contributed by atoms with E-state index in [0.29, 0.717) is 28.5 Å². The van der Waals surface area contributed by atoms with E-state index in [-0.39, 0.29) is 23.3 Å². The molecule has 0 saturated heterocycles. The number of rotatable bonds is 6. The van der Waals surface area contributed by atoms with Gasteiger partial charge in [0.1, 0.15) is 15.8 Å². The van der Waals surface area contributed by atoms with Gasteiger partial charge in [-0.3, -0.25) is 4.79 Å². The van der Waals surface area contributed by atoms with Crippen LogP contribution in [-0.2, 0) is 10.0 Å². The highest BCUT2D eigenvalue weighted by atomic mass is 32.2. The predicted octanol–water partition coefficient (Wildman–Crippen LogP) is 4.07. The summed E-state index contributed by atoms with van der Waals surface area (Å²) in [5.74, 6) is 1.34. The van der Waals surface area contributed by atoms with Gasteiger partial charge >= 0.3 is 0 Å². The molecule has 0 fully saturated rings. The molecule has 0 atom stereocenters. The Bertz CT molecular complexity index is 1180. The summed E-state index contributed by atoms with van der Waals surface area (Å²) in [6.07, 6.45) is 0. The van der Waals surface area contributed by atoms with Crippen LogP contribution in [0.1, 0.15) is 10.4 Å². The number of carbonyl (C=O) groups excluding carboxylic acids is 1. The van der Waals surface area contributed by atoms with Crippen molar-refractivity contribution in [2.45, 2.75) is 4.90 Å². The minimum atomic E-state index is -3.90. The standard InChI is InChI=1S/C21H17N2O6S/c1-27-17-7-3-16(4-8-17)23-30(25,26)18-9-5-15(6-10-18)22-21(24)14-2-11-19-20(12-14)29-13-28-19/h2-12H,13H2,1H3,(H,22,24)/q-1. The van der Waals surface area contributed by atoms with Gasteiger partial charge in [-0.1, -0.05) is 12.1 Å². The highest BCUT2D eigenvalue weighted by molar-refractivity contribution is 7.94. The number of nitrogens with zero attached hydrogens (tertiary/aromatic N) is 1. The summed E-state index contributed by atoms with van der Waals surface area (Å²) in [5, 5.41) is 2.72. The van der Waals surface area contributed by atoms with Crippen LogP contribution in [0.25, 0.3) is 4.72 Å². The number of nitrogens with one attached hydrogen (secondary N) is 1. The van der Waals surface area contributed by atoms with Crippen LogP contribution in [-0.4, -0.2) is 28.2 Å². The summed E-state index contributed by atoms with van der Waals surface area (Å²) < 4.78 is 44.4. The lowest BCUT2D eigenvalue weighted by Crippen LogP contribution is -2.11. The highest BCUT2D eigenvalue weighted by Crippen LogP contribution is 2.33. The third-order valence-electron chi connectivity index (χ3n) is 4.34. The molecule has 1 N–H and O–H groups in total. The van der Waals surface area contributed by atoms with Gasteiger partial charge in [0.15, 0.2) is 11.5 Å². The van der Waals surface area contributed by atoms with Crippen molar-refractivity contribution in [1.29, 1.82) is 0 Å². The summed E-state index contributed by atoms with van der Waals surface area (Å²) in [4.78, 5) is 12.4. The largest absolute Gasteiger partial charge is 0.573 e. The minimum Gasteiger partial charge on any atom is -0.573 e. The number of hydrogen-bond acceptors (Lipinski definition) is 6. The van der Waals surface area contributed by atoms with Gasteiger partial charge in [0.25, 0.3) is 5.91 Å². The zero-order valence-electron chi connectivity index (χ0n) is 15.9. The third kappa shape index (κ3) is 4.15. The van der Waals surface area contributed by atoms with Crippen molar-refractivity contribution < 1.29 is 27.4 Å². The highest BCUT2D eigenvalue weighted by Gasteiger charge is 2.16. The lowest BCUT2D eigenvalue weighted by molar-refractivity contribution is 0.102. The van der Waals surface area contributed by atoms with Gasteiger partial charge in [-0.15, -0.1) is 5.69 Å². The lowest BCUT2D eigenvalue weighted by Gasteiger charge is -2.22. The van der Waals surface area contributed by atoms with E-state index in [2.05, 4.69) is 10.0 Å². The van der Waals surface area contributed by atoms with Gasteiger partial charge in [0.2, 0.25) is 6.79 Å². The molecule has 4 rings (SSSR count). The summed E-state index contributed by atoms with van der Waals surface area (Å²) in [6.45, 7) is 0.123. The molecular formula is C21H17N2O6S-. The van der Waals surface area contributed by atoms with E-state index in [9.17, 15) is 13.2 Å². The second kappa shape index (κ2) is 7.96. The molecule has 3 aromatic carbocycles. The van der Waals surface area contributed by atoms with Crippen LogP contribution in [0.4, 0.5) is 11.4 Å². The molecule has 30 heavy (non-hydrogen) atoms. The molecule has 154 valence electrons. The molecule has 3 aromatic rings. The number of anilines is 1. The van der Waals surface area contributed by atoms with Crippen LogP contribution < -0.4 is 19.5 Å². The number of amides is 1. The average molecular weight is 425 g/mol. The average Bonchev–Trinajstić information content (AvgIpc) is 3.22. The number of ether oxygens (including phenoxy) is 3. The Morgan fingerprint density at radius 3 is 2.37 bits per heavy atom. The van der Waals surface area contributed by atoms with Crippen molar-refractivity contribution in [1.82, 2.24) is 0 Å².